The summed E-state index contributed by atoms with van der Waals surface area (Å²) in [6.07, 6.45) is 0. The first-order chi connectivity index (χ1) is 9.40. The summed E-state index contributed by atoms with van der Waals surface area (Å²) in [7, 11) is 0. The fourth-order valence-corrected chi connectivity index (χ4v) is 2.60. The molecule has 2 rings (SSSR count). The van der Waals surface area contributed by atoms with E-state index in [1.54, 1.807) is 24.3 Å². The van der Waals surface area contributed by atoms with Crippen molar-refractivity contribution in [2.24, 2.45) is 0 Å². The second-order valence-corrected chi connectivity index (χ2v) is 6.20. The summed E-state index contributed by atoms with van der Waals surface area (Å²) in [6, 6.07) is 8.19. The van der Waals surface area contributed by atoms with E-state index in [4.69, 9.17) is 23.2 Å². The molecule has 0 fully saturated rings. The van der Waals surface area contributed by atoms with Gasteiger partial charge in [-0.05, 0) is 59.3 Å². The number of rotatable bonds is 2. The minimum atomic E-state index is -0.463. The van der Waals surface area contributed by atoms with Gasteiger partial charge in [0.1, 0.15) is 5.75 Å². The van der Waals surface area contributed by atoms with E-state index in [0.29, 0.717) is 15.7 Å². The van der Waals surface area contributed by atoms with E-state index < -0.39 is 5.91 Å². The summed E-state index contributed by atoms with van der Waals surface area (Å²) in [6.45, 7) is 1.82. The molecule has 2 aromatic carbocycles. The van der Waals surface area contributed by atoms with Crippen molar-refractivity contribution in [2.45, 2.75) is 6.92 Å². The number of hydrogen-bond donors (Lipinski definition) is 2. The van der Waals surface area contributed by atoms with Crippen molar-refractivity contribution in [1.82, 2.24) is 0 Å². The predicted octanol–water partition coefficient (Wildman–Crippen LogP) is 4.86. The molecule has 6 heteroatoms. The van der Waals surface area contributed by atoms with Gasteiger partial charge >= 0.3 is 0 Å². The maximum absolute atomic E-state index is 12.2. The molecular formula is C14H10Cl2INO2. The number of hydrogen-bond acceptors (Lipinski definition) is 2. The minimum Gasteiger partial charge on any atom is -0.507 e. The van der Waals surface area contributed by atoms with E-state index >= 15 is 0 Å². The lowest BCUT2D eigenvalue weighted by Gasteiger charge is -2.12. The molecule has 0 saturated heterocycles. The van der Waals surface area contributed by atoms with Gasteiger partial charge < -0.3 is 10.4 Å². The van der Waals surface area contributed by atoms with Gasteiger partial charge in [-0.2, -0.15) is 0 Å². The summed E-state index contributed by atoms with van der Waals surface area (Å²) < 4.78 is 0.840. The number of amides is 1. The normalized spacial score (nSPS) is 10.4. The van der Waals surface area contributed by atoms with Crippen LogP contribution in [0, 0.1) is 10.5 Å². The van der Waals surface area contributed by atoms with Crippen LogP contribution in [0.15, 0.2) is 30.3 Å². The molecule has 2 aromatic rings. The third-order valence-electron chi connectivity index (χ3n) is 2.73. The maximum Gasteiger partial charge on any atom is 0.259 e. The molecule has 1 amide bonds. The summed E-state index contributed by atoms with van der Waals surface area (Å²) in [5.74, 6) is -0.557. The van der Waals surface area contributed by atoms with E-state index in [-0.39, 0.29) is 11.3 Å². The van der Waals surface area contributed by atoms with Gasteiger partial charge in [0.15, 0.2) is 0 Å². The number of anilines is 1. The number of benzene rings is 2. The van der Waals surface area contributed by atoms with Crippen LogP contribution in [0.25, 0.3) is 0 Å². The maximum atomic E-state index is 12.2. The first-order valence-electron chi connectivity index (χ1n) is 5.64. The van der Waals surface area contributed by atoms with Crippen LogP contribution in [-0.4, -0.2) is 11.0 Å². The van der Waals surface area contributed by atoms with Gasteiger partial charge in [0, 0.05) is 3.57 Å². The highest BCUT2D eigenvalue weighted by molar-refractivity contribution is 14.1. The Balaban J connectivity index is 2.38. The molecular weight excluding hydrogens is 412 g/mol. The topological polar surface area (TPSA) is 49.3 Å². The van der Waals surface area contributed by atoms with Crippen LogP contribution in [0.5, 0.6) is 5.75 Å². The van der Waals surface area contributed by atoms with E-state index in [2.05, 4.69) is 27.9 Å². The zero-order valence-corrected chi connectivity index (χ0v) is 14.0. The van der Waals surface area contributed by atoms with Crippen LogP contribution in [0.3, 0.4) is 0 Å². The van der Waals surface area contributed by atoms with Crippen LogP contribution in [0.4, 0.5) is 5.69 Å². The molecule has 0 atom stereocenters. The number of nitrogens with one attached hydrogen (secondary N) is 1. The van der Waals surface area contributed by atoms with Gasteiger partial charge in [-0.3, -0.25) is 4.79 Å². The Morgan fingerprint density at radius 1 is 1.25 bits per heavy atom. The number of halogens is 3. The first kappa shape index (κ1) is 15.4. The highest BCUT2D eigenvalue weighted by Crippen LogP contribution is 2.33. The van der Waals surface area contributed by atoms with Crippen LogP contribution >= 0.6 is 45.8 Å². The van der Waals surface area contributed by atoms with E-state index in [1.165, 1.54) is 6.07 Å². The highest BCUT2D eigenvalue weighted by atomic mass is 127. The van der Waals surface area contributed by atoms with E-state index in [1.807, 2.05) is 6.92 Å². The second kappa shape index (κ2) is 6.20. The van der Waals surface area contributed by atoms with Crippen LogP contribution < -0.4 is 5.32 Å². The van der Waals surface area contributed by atoms with Crippen LogP contribution in [0.2, 0.25) is 10.0 Å². The molecule has 2 N–H and O–H groups in total. The second-order valence-electron chi connectivity index (χ2n) is 4.17. The number of aryl methyl sites for hydroxylation is 1. The third-order valence-corrected chi connectivity index (χ3v) is 4.20. The molecule has 20 heavy (non-hydrogen) atoms. The van der Waals surface area contributed by atoms with Crippen molar-refractivity contribution in [3.05, 3.63) is 55.1 Å². The van der Waals surface area contributed by atoms with Crippen molar-refractivity contribution >= 4 is 57.4 Å². The van der Waals surface area contributed by atoms with Gasteiger partial charge in [-0.25, -0.2) is 0 Å². The lowest BCUT2D eigenvalue weighted by Crippen LogP contribution is -2.13. The standard InChI is InChI=1S/C14H10Cl2INO2/c1-7-2-4-10(15)13(12(7)16)18-14(20)9-6-8(17)3-5-11(9)19/h2-6,19H,1H3,(H,18,20). The summed E-state index contributed by atoms with van der Waals surface area (Å²) in [4.78, 5) is 12.2. The highest BCUT2D eigenvalue weighted by Gasteiger charge is 2.16. The Bertz CT molecular complexity index is 689. The van der Waals surface area contributed by atoms with Gasteiger partial charge in [0.25, 0.3) is 5.91 Å². The minimum absolute atomic E-state index is 0.0946. The molecule has 3 nitrogen and oxygen atoms in total. The van der Waals surface area contributed by atoms with Crippen LogP contribution in [0.1, 0.15) is 15.9 Å². The Labute approximate surface area is 140 Å². The molecule has 0 spiro atoms. The molecule has 0 aromatic heterocycles. The molecule has 0 aliphatic heterocycles. The van der Waals surface area contributed by atoms with Gasteiger partial charge in [0.2, 0.25) is 0 Å². The fourth-order valence-electron chi connectivity index (χ4n) is 1.64. The van der Waals surface area contributed by atoms with Crippen molar-refractivity contribution in [2.75, 3.05) is 5.32 Å². The Hall–Kier alpha value is -0.980. The zero-order chi connectivity index (χ0) is 14.9. The van der Waals surface area contributed by atoms with Crippen molar-refractivity contribution in [3.63, 3.8) is 0 Å². The molecule has 0 radical (unpaired) electrons. The smallest absolute Gasteiger partial charge is 0.259 e. The monoisotopic (exact) mass is 421 g/mol. The number of carbonyl (C=O) groups excluding carboxylic acids is 1. The molecule has 0 unspecified atom stereocenters. The van der Waals surface area contributed by atoms with Crippen molar-refractivity contribution in [1.29, 1.82) is 0 Å². The Kier molecular flexibility index (Phi) is 4.78. The first-order valence-corrected chi connectivity index (χ1v) is 7.48. The van der Waals surface area contributed by atoms with Crippen molar-refractivity contribution in [3.8, 4) is 5.75 Å². The van der Waals surface area contributed by atoms with Crippen LogP contribution in [-0.2, 0) is 0 Å². The zero-order valence-electron chi connectivity index (χ0n) is 10.4. The van der Waals surface area contributed by atoms with E-state index in [0.717, 1.165) is 9.13 Å². The number of phenolic OH excluding ortho intramolecular Hbond substituents is 1. The summed E-state index contributed by atoms with van der Waals surface area (Å²) in [5, 5.41) is 13.1. The number of phenols is 1. The lowest BCUT2D eigenvalue weighted by molar-refractivity contribution is 0.102. The summed E-state index contributed by atoms with van der Waals surface area (Å²) >= 11 is 14.2. The van der Waals surface area contributed by atoms with E-state index in [9.17, 15) is 9.90 Å². The third kappa shape index (κ3) is 3.19. The quantitative estimate of drug-likeness (QED) is 0.680. The number of aromatic hydroxyl groups is 1. The Morgan fingerprint density at radius 2 is 1.95 bits per heavy atom. The molecule has 104 valence electrons. The predicted molar refractivity (Wildman–Crippen MR) is 90.0 cm³/mol. The average Bonchev–Trinajstić information content (AvgIpc) is 2.41. The van der Waals surface area contributed by atoms with Crippen molar-refractivity contribution < 1.29 is 9.90 Å². The van der Waals surface area contributed by atoms with Gasteiger partial charge in [-0.15, -0.1) is 0 Å². The molecule has 0 saturated carbocycles. The van der Waals surface area contributed by atoms with Gasteiger partial charge in [-0.1, -0.05) is 29.3 Å². The molecule has 0 bridgehead atoms. The molecule has 0 aliphatic carbocycles. The molecule has 0 heterocycles. The lowest BCUT2D eigenvalue weighted by atomic mass is 10.1. The van der Waals surface area contributed by atoms with Gasteiger partial charge in [0.05, 0.1) is 21.3 Å². The molecule has 0 aliphatic rings. The largest absolute Gasteiger partial charge is 0.507 e. The summed E-state index contributed by atoms with van der Waals surface area (Å²) in [5.41, 5.74) is 1.32. The Morgan fingerprint density at radius 3 is 2.65 bits per heavy atom. The fraction of sp³-hybridized carbons (Fsp3) is 0.0714. The SMILES string of the molecule is Cc1ccc(Cl)c(NC(=O)c2cc(I)ccc2O)c1Cl. The number of carbonyl (C=O) groups is 1. The average molecular weight is 422 g/mol.